The average molecular weight is 295 g/mol. The Morgan fingerprint density at radius 2 is 1.95 bits per heavy atom. The molecule has 2 amide bonds. The van der Waals surface area contributed by atoms with Gasteiger partial charge in [0, 0.05) is 31.4 Å². The fraction of sp³-hybridized carbons (Fsp3) is 0.600. The topological polar surface area (TPSA) is 83.4 Å². The van der Waals surface area contributed by atoms with Crippen molar-refractivity contribution in [1.82, 2.24) is 15.2 Å². The molecule has 1 rings (SSSR count). The summed E-state index contributed by atoms with van der Waals surface area (Å²) in [5.41, 5.74) is 0.973. The first kappa shape index (κ1) is 17.2. The van der Waals surface area contributed by atoms with E-state index >= 15 is 0 Å². The van der Waals surface area contributed by atoms with E-state index in [1.807, 2.05) is 33.8 Å². The highest BCUT2D eigenvalue weighted by atomic mass is 16.3. The Morgan fingerprint density at radius 3 is 2.52 bits per heavy atom. The molecule has 118 valence electrons. The van der Waals surface area contributed by atoms with E-state index < -0.39 is 12.1 Å². The monoisotopic (exact) mass is 295 g/mol. The van der Waals surface area contributed by atoms with Crippen LogP contribution in [-0.2, 0) is 13.6 Å². The lowest BCUT2D eigenvalue weighted by Crippen LogP contribution is -2.43. The molecular weight excluding hydrogens is 270 g/mol. The van der Waals surface area contributed by atoms with Crippen molar-refractivity contribution in [2.24, 2.45) is 12.5 Å². The first-order valence-electron chi connectivity index (χ1n) is 6.98. The Hall–Kier alpha value is -1.82. The molecular formula is C15H25N3O3. The van der Waals surface area contributed by atoms with Gasteiger partial charge in [0.25, 0.3) is 5.56 Å². The molecule has 0 bridgehead atoms. The molecule has 21 heavy (non-hydrogen) atoms. The molecule has 0 spiro atoms. The van der Waals surface area contributed by atoms with Crippen LogP contribution in [0.2, 0.25) is 0 Å². The molecule has 0 aliphatic heterocycles. The smallest absolute Gasteiger partial charge is 0.315 e. The number of rotatable bonds is 4. The zero-order chi connectivity index (χ0) is 16.2. The summed E-state index contributed by atoms with van der Waals surface area (Å²) in [6, 6.07) is 3.14. The van der Waals surface area contributed by atoms with Gasteiger partial charge in [-0.05, 0) is 18.4 Å². The van der Waals surface area contributed by atoms with Crippen LogP contribution in [0.1, 0.15) is 32.0 Å². The van der Waals surface area contributed by atoms with Gasteiger partial charge >= 0.3 is 6.03 Å². The number of carbonyl (C=O) groups excluding carboxylic acids is 1. The lowest BCUT2D eigenvalue weighted by Gasteiger charge is -2.25. The fourth-order valence-corrected chi connectivity index (χ4v) is 1.65. The summed E-state index contributed by atoms with van der Waals surface area (Å²) in [6.45, 7) is 7.86. The van der Waals surface area contributed by atoms with E-state index in [9.17, 15) is 14.7 Å². The second-order valence-electron chi connectivity index (χ2n) is 6.31. The van der Waals surface area contributed by atoms with Crippen molar-refractivity contribution in [2.45, 2.75) is 40.3 Å². The molecule has 1 unspecified atom stereocenters. The van der Waals surface area contributed by atoms with Crippen molar-refractivity contribution in [2.75, 3.05) is 6.54 Å². The number of pyridine rings is 1. The van der Waals surface area contributed by atoms with Gasteiger partial charge in [-0.2, -0.15) is 0 Å². The summed E-state index contributed by atoms with van der Waals surface area (Å²) in [5, 5.41) is 15.0. The zero-order valence-corrected chi connectivity index (χ0v) is 13.4. The number of carbonyl (C=O) groups is 1. The lowest BCUT2D eigenvalue weighted by atomic mass is 9.89. The molecule has 0 aromatic carbocycles. The average Bonchev–Trinajstić information content (AvgIpc) is 2.40. The molecule has 6 heteroatoms. The van der Waals surface area contributed by atoms with E-state index in [-0.39, 0.29) is 24.1 Å². The number of hydrogen-bond acceptors (Lipinski definition) is 3. The van der Waals surface area contributed by atoms with Crippen LogP contribution in [0.5, 0.6) is 0 Å². The van der Waals surface area contributed by atoms with Crippen molar-refractivity contribution in [3.05, 3.63) is 33.7 Å². The molecule has 0 radical (unpaired) electrons. The normalized spacial score (nSPS) is 12.9. The molecule has 0 aliphatic carbocycles. The maximum atomic E-state index is 12.0. The predicted octanol–water partition coefficient (Wildman–Crippen LogP) is 0.900. The highest BCUT2D eigenvalue weighted by Crippen LogP contribution is 2.17. The Kier molecular flexibility index (Phi) is 5.54. The molecule has 1 heterocycles. The first-order valence-corrected chi connectivity index (χ1v) is 6.98. The van der Waals surface area contributed by atoms with Crippen LogP contribution in [0.3, 0.4) is 0 Å². The second kappa shape index (κ2) is 6.76. The molecule has 1 aromatic heterocycles. The number of nitrogens with zero attached hydrogens (tertiary/aromatic N) is 1. The minimum absolute atomic E-state index is 0.120. The summed E-state index contributed by atoms with van der Waals surface area (Å²) in [5.74, 6) is 0. The molecule has 0 saturated heterocycles. The molecule has 3 N–H and O–H groups in total. The number of hydrogen-bond donors (Lipinski definition) is 3. The predicted molar refractivity (Wildman–Crippen MR) is 82.1 cm³/mol. The van der Waals surface area contributed by atoms with E-state index in [4.69, 9.17) is 0 Å². The second-order valence-corrected chi connectivity index (χ2v) is 6.31. The van der Waals surface area contributed by atoms with Crippen molar-refractivity contribution in [1.29, 1.82) is 0 Å². The van der Waals surface area contributed by atoms with Gasteiger partial charge in [-0.15, -0.1) is 0 Å². The Labute approximate surface area is 125 Å². The number of urea groups is 1. The molecule has 0 saturated carbocycles. The number of aryl methyl sites for hydroxylation is 1. The quantitative estimate of drug-likeness (QED) is 0.771. The number of amides is 2. The minimum Gasteiger partial charge on any atom is -0.391 e. The van der Waals surface area contributed by atoms with Crippen LogP contribution in [0.4, 0.5) is 4.79 Å². The van der Waals surface area contributed by atoms with Crippen molar-refractivity contribution < 1.29 is 9.90 Å². The number of aromatic nitrogens is 1. The maximum absolute atomic E-state index is 12.0. The minimum atomic E-state index is -0.629. The third kappa shape index (κ3) is 4.90. The van der Waals surface area contributed by atoms with Crippen molar-refractivity contribution >= 4 is 6.03 Å². The third-order valence-electron chi connectivity index (χ3n) is 3.53. The highest BCUT2D eigenvalue weighted by Gasteiger charge is 2.22. The lowest BCUT2D eigenvalue weighted by molar-refractivity contribution is 0.0650. The molecule has 6 nitrogen and oxygen atoms in total. The van der Waals surface area contributed by atoms with Crippen LogP contribution >= 0.6 is 0 Å². The van der Waals surface area contributed by atoms with Crippen LogP contribution in [0.15, 0.2) is 16.9 Å². The van der Waals surface area contributed by atoms with Crippen LogP contribution < -0.4 is 16.2 Å². The summed E-state index contributed by atoms with van der Waals surface area (Å²) < 4.78 is 1.54. The highest BCUT2D eigenvalue weighted by molar-refractivity contribution is 5.73. The van der Waals surface area contributed by atoms with Gasteiger partial charge in [0.1, 0.15) is 0 Å². The number of nitrogens with one attached hydrogen (secondary N) is 2. The van der Waals surface area contributed by atoms with E-state index in [1.54, 1.807) is 13.1 Å². The Balaban J connectivity index is 2.51. The molecule has 0 fully saturated rings. The molecule has 0 aliphatic rings. The van der Waals surface area contributed by atoms with E-state index in [0.29, 0.717) is 5.56 Å². The summed E-state index contributed by atoms with van der Waals surface area (Å²) in [6.07, 6.45) is -0.629. The van der Waals surface area contributed by atoms with Crippen LogP contribution in [-0.4, -0.2) is 28.4 Å². The summed E-state index contributed by atoms with van der Waals surface area (Å²) in [4.78, 5) is 23.6. The SMILES string of the molecule is Cc1ccc(CNC(=O)NCC(O)C(C)(C)C)c(=O)n1C. The van der Waals surface area contributed by atoms with Crippen molar-refractivity contribution in [3.8, 4) is 0 Å². The summed E-state index contributed by atoms with van der Waals surface area (Å²) >= 11 is 0. The fourth-order valence-electron chi connectivity index (χ4n) is 1.65. The zero-order valence-electron chi connectivity index (χ0n) is 13.4. The molecule has 1 aromatic rings. The Bertz CT molecular complexity index is 558. The van der Waals surface area contributed by atoms with Gasteiger partial charge in [-0.3, -0.25) is 4.79 Å². The van der Waals surface area contributed by atoms with Gasteiger partial charge in [-0.25, -0.2) is 4.79 Å². The summed E-state index contributed by atoms with van der Waals surface area (Å²) in [7, 11) is 1.70. The molecule has 1 atom stereocenters. The first-order chi connectivity index (χ1) is 9.62. The van der Waals surface area contributed by atoms with Gasteiger partial charge < -0.3 is 20.3 Å². The van der Waals surface area contributed by atoms with Gasteiger partial charge in [0.2, 0.25) is 0 Å². The van der Waals surface area contributed by atoms with Crippen LogP contribution in [0.25, 0.3) is 0 Å². The Morgan fingerprint density at radius 1 is 1.33 bits per heavy atom. The largest absolute Gasteiger partial charge is 0.391 e. The van der Waals surface area contributed by atoms with Gasteiger partial charge in [0.15, 0.2) is 0 Å². The number of aliphatic hydroxyl groups excluding tert-OH is 1. The van der Waals surface area contributed by atoms with E-state index in [1.165, 1.54) is 4.57 Å². The van der Waals surface area contributed by atoms with E-state index in [2.05, 4.69) is 10.6 Å². The van der Waals surface area contributed by atoms with Gasteiger partial charge in [0.05, 0.1) is 6.10 Å². The van der Waals surface area contributed by atoms with Crippen LogP contribution in [0, 0.1) is 12.3 Å². The van der Waals surface area contributed by atoms with Gasteiger partial charge in [-0.1, -0.05) is 26.8 Å². The standard InChI is InChI=1S/C15H25N3O3/c1-10-6-7-11(13(20)18(10)5)8-16-14(21)17-9-12(19)15(2,3)4/h6-7,12,19H,8-9H2,1-5H3,(H2,16,17,21). The third-order valence-corrected chi connectivity index (χ3v) is 3.53. The van der Waals surface area contributed by atoms with Crippen molar-refractivity contribution in [3.63, 3.8) is 0 Å². The maximum Gasteiger partial charge on any atom is 0.315 e. The van der Waals surface area contributed by atoms with E-state index in [0.717, 1.165) is 5.69 Å². The number of aliphatic hydroxyl groups is 1.